The Morgan fingerprint density at radius 2 is 2.13 bits per heavy atom. The van der Waals surface area contributed by atoms with Crippen molar-refractivity contribution < 1.29 is 18.5 Å². The predicted molar refractivity (Wildman–Crippen MR) is 81.9 cm³/mol. The van der Waals surface area contributed by atoms with E-state index in [0.717, 1.165) is 23.4 Å². The van der Waals surface area contributed by atoms with Gasteiger partial charge in [0, 0.05) is 18.2 Å². The molecule has 6 heteroatoms. The Labute approximate surface area is 132 Å². The Kier molecular flexibility index (Phi) is 3.34. The van der Waals surface area contributed by atoms with Gasteiger partial charge in [-0.15, -0.1) is 0 Å². The van der Waals surface area contributed by atoms with Gasteiger partial charge in [0.2, 0.25) is 11.7 Å². The van der Waals surface area contributed by atoms with Crippen LogP contribution in [0.1, 0.15) is 17.7 Å². The van der Waals surface area contributed by atoms with Crippen molar-refractivity contribution in [2.24, 2.45) is 0 Å². The molecule has 116 valence electrons. The summed E-state index contributed by atoms with van der Waals surface area (Å²) in [5.41, 5.74) is 2.62. The maximum absolute atomic E-state index is 11.4. The van der Waals surface area contributed by atoms with Crippen LogP contribution in [0, 0.1) is 0 Å². The first-order valence-corrected chi connectivity index (χ1v) is 7.33. The van der Waals surface area contributed by atoms with Crippen molar-refractivity contribution in [2.75, 3.05) is 5.32 Å². The van der Waals surface area contributed by atoms with Gasteiger partial charge in [-0.25, -0.2) is 0 Å². The molecule has 2 aromatic heterocycles. The van der Waals surface area contributed by atoms with Crippen LogP contribution in [0.15, 0.2) is 51.6 Å². The molecule has 4 rings (SSSR count). The van der Waals surface area contributed by atoms with E-state index in [1.54, 1.807) is 18.4 Å². The average molecular weight is 310 g/mol. The quantitative estimate of drug-likeness (QED) is 0.799. The Balaban J connectivity index is 1.44. The van der Waals surface area contributed by atoms with Crippen LogP contribution in [0.3, 0.4) is 0 Å². The molecule has 1 aliphatic rings. The van der Waals surface area contributed by atoms with E-state index in [4.69, 9.17) is 13.7 Å². The Hall–Kier alpha value is -3.02. The van der Waals surface area contributed by atoms with E-state index in [9.17, 15) is 4.79 Å². The van der Waals surface area contributed by atoms with E-state index in [1.807, 2.05) is 24.3 Å². The normalized spacial score (nSPS) is 13.5. The van der Waals surface area contributed by atoms with Crippen LogP contribution in [0.5, 0.6) is 5.75 Å². The molecule has 1 aromatic carbocycles. The molecule has 3 aromatic rings. The highest BCUT2D eigenvalue weighted by molar-refractivity contribution is 5.93. The number of hydrogen-bond donors (Lipinski definition) is 1. The van der Waals surface area contributed by atoms with E-state index in [1.165, 1.54) is 0 Å². The van der Waals surface area contributed by atoms with Crippen molar-refractivity contribution in [3.63, 3.8) is 0 Å². The molecule has 0 fully saturated rings. The minimum absolute atomic E-state index is 0.0548. The number of nitrogens with one attached hydrogen (secondary N) is 1. The molecule has 0 spiro atoms. The summed E-state index contributed by atoms with van der Waals surface area (Å²) in [4.78, 5) is 11.4. The molecule has 0 atom stereocenters. The van der Waals surface area contributed by atoms with Crippen LogP contribution in [0.2, 0.25) is 0 Å². The average Bonchev–Trinajstić information content (AvgIpc) is 3.24. The van der Waals surface area contributed by atoms with Crippen molar-refractivity contribution in [3.8, 4) is 17.3 Å². The Morgan fingerprint density at radius 1 is 1.17 bits per heavy atom. The summed E-state index contributed by atoms with van der Waals surface area (Å²) in [7, 11) is 0. The minimum Gasteiger partial charge on any atom is -0.487 e. The SMILES string of the molecule is O=C1CCc2cc(OCc3cc(-c4ccco4)on3)ccc2N1. The van der Waals surface area contributed by atoms with Crippen LogP contribution in [-0.2, 0) is 17.8 Å². The highest BCUT2D eigenvalue weighted by atomic mass is 16.5. The molecule has 0 unspecified atom stereocenters. The predicted octanol–water partition coefficient (Wildman–Crippen LogP) is 3.40. The number of anilines is 1. The van der Waals surface area contributed by atoms with E-state index in [-0.39, 0.29) is 5.91 Å². The summed E-state index contributed by atoms with van der Waals surface area (Å²) in [5.74, 6) is 2.00. The summed E-state index contributed by atoms with van der Waals surface area (Å²) in [6, 6.07) is 11.0. The second-order valence-electron chi connectivity index (χ2n) is 5.32. The van der Waals surface area contributed by atoms with Gasteiger partial charge in [-0.05, 0) is 42.3 Å². The van der Waals surface area contributed by atoms with Gasteiger partial charge in [0.25, 0.3) is 0 Å². The van der Waals surface area contributed by atoms with E-state index >= 15 is 0 Å². The third-order valence-corrected chi connectivity index (χ3v) is 3.68. The number of benzene rings is 1. The van der Waals surface area contributed by atoms with Crippen molar-refractivity contribution in [2.45, 2.75) is 19.4 Å². The zero-order valence-corrected chi connectivity index (χ0v) is 12.2. The van der Waals surface area contributed by atoms with Gasteiger partial charge in [-0.2, -0.15) is 0 Å². The molecular formula is C17H14N2O4. The number of amides is 1. The zero-order valence-electron chi connectivity index (χ0n) is 12.2. The van der Waals surface area contributed by atoms with Crippen LogP contribution in [-0.4, -0.2) is 11.1 Å². The van der Waals surface area contributed by atoms with Crippen molar-refractivity contribution in [1.82, 2.24) is 5.16 Å². The molecule has 0 saturated heterocycles. The van der Waals surface area contributed by atoms with Gasteiger partial charge in [0.05, 0.1) is 6.26 Å². The number of rotatable bonds is 4. The molecule has 6 nitrogen and oxygen atoms in total. The van der Waals surface area contributed by atoms with Gasteiger partial charge in [0.1, 0.15) is 18.1 Å². The number of aromatic nitrogens is 1. The van der Waals surface area contributed by atoms with Gasteiger partial charge in [-0.3, -0.25) is 4.79 Å². The van der Waals surface area contributed by atoms with Gasteiger partial charge in [0.15, 0.2) is 5.76 Å². The summed E-state index contributed by atoms with van der Waals surface area (Å²) in [5, 5.41) is 6.82. The summed E-state index contributed by atoms with van der Waals surface area (Å²) in [6.07, 6.45) is 2.82. The molecule has 1 N–H and O–H groups in total. The lowest BCUT2D eigenvalue weighted by Gasteiger charge is -2.17. The molecular weight excluding hydrogens is 296 g/mol. The summed E-state index contributed by atoms with van der Waals surface area (Å²) in [6.45, 7) is 0.301. The third kappa shape index (κ3) is 2.83. The fourth-order valence-corrected chi connectivity index (χ4v) is 2.52. The molecule has 0 radical (unpaired) electrons. The molecule has 0 aliphatic carbocycles. The van der Waals surface area contributed by atoms with E-state index in [0.29, 0.717) is 30.2 Å². The first kappa shape index (κ1) is 13.6. The topological polar surface area (TPSA) is 77.5 Å². The van der Waals surface area contributed by atoms with Crippen LogP contribution in [0.25, 0.3) is 11.5 Å². The van der Waals surface area contributed by atoms with Crippen molar-refractivity contribution in [3.05, 3.63) is 53.9 Å². The number of nitrogens with zero attached hydrogens (tertiary/aromatic N) is 1. The molecule has 1 aliphatic heterocycles. The third-order valence-electron chi connectivity index (χ3n) is 3.68. The second kappa shape index (κ2) is 5.64. The maximum Gasteiger partial charge on any atom is 0.224 e. The maximum atomic E-state index is 11.4. The molecule has 3 heterocycles. The Bertz CT molecular complexity index is 836. The summed E-state index contributed by atoms with van der Waals surface area (Å²) >= 11 is 0. The standard InChI is InChI=1S/C17H14N2O4/c20-17-6-3-11-8-13(4-5-14(11)18-17)22-10-12-9-16(23-19-12)15-2-1-7-21-15/h1-2,4-5,7-9H,3,6,10H2,(H,18,20). The number of carbonyl (C=O) groups excluding carboxylic acids is 1. The first-order chi connectivity index (χ1) is 11.3. The minimum atomic E-state index is 0.0548. The number of carbonyl (C=O) groups is 1. The lowest BCUT2D eigenvalue weighted by molar-refractivity contribution is -0.116. The van der Waals surface area contributed by atoms with Gasteiger partial charge in [-0.1, -0.05) is 5.16 Å². The number of fused-ring (bicyclic) bond motifs is 1. The fourth-order valence-electron chi connectivity index (χ4n) is 2.52. The number of aryl methyl sites for hydroxylation is 1. The first-order valence-electron chi connectivity index (χ1n) is 7.33. The van der Waals surface area contributed by atoms with Crippen LogP contribution >= 0.6 is 0 Å². The lowest BCUT2D eigenvalue weighted by Crippen LogP contribution is -2.18. The van der Waals surface area contributed by atoms with Crippen molar-refractivity contribution >= 4 is 11.6 Å². The molecule has 0 bridgehead atoms. The highest BCUT2D eigenvalue weighted by Crippen LogP contribution is 2.27. The van der Waals surface area contributed by atoms with Gasteiger partial charge >= 0.3 is 0 Å². The monoisotopic (exact) mass is 310 g/mol. The van der Waals surface area contributed by atoms with Crippen LogP contribution in [0.4, 0.5) is 5.69 Å². The van der Waals surface area contributed by atoms with Gasteiger partial charge < -0.3 is 19.0 Å². The zero-order chi connectivity index (χ0) is 15.6. The second-order valence-corrected chi connectivity index (χ2v) is 5.32. The fraction of sp³-hybridized carbons (Fsp3) is 0.176. The smallest absolute Gasteiger partial charge is 0.224 e. The van der Waals surface area contributed by atoms with E-state index in [2.05, 4.69) is 10.5 Å². The Morgan fingerprint density at radius 3 is 3.00 bits per heavy atom. The highest BCUT2D eigenvalue weighted by Gasteiger charge is 2.15. The summed E-state index contributed by atoms with van der Waals surface area (Å²) < 4.78 is 16.2. The largest absolute Gasteiger partial charge is 0.487 e. The number of hydrogen-bond acceptors (Lipinski definition) is 5. The van der Waals surface area contributed by atoms with Crippen molar-refractivity contribution in [1.29, 1.82) is 0 Å². The lowest BCUT2D eigenvalue weighted by atomic mass is 10.0. The van der Waals surface area contributed by atoms with E-state index < -0.39 is 0 Å². The molecule has 1 amide bonds. The number of ether oxygens (including phenoxy) is 1. The number of furan rings is 1. The molecule has 0 saturated carbocycles. The van der Waals surface area contributed by atoms with Crippen LogP contribution < -0.4 is 10.1 Å². The molecule has 23 heavy (non-hydrogen) atoms.